The van der Waals surface area contributed by atoms with Crippen LogP contribution >= 0.6 is 0 Å². The fourth-order valence-corrected chi connectivity index (χ4v) is 3.79. The number of benzene rings is 1. The predicted octanol–water partition coefficient (Wildman–Crippen LogP) is 3.31. The highest BCUT2D eigenvalue weighted by atomic mass is 19.3. The number of hydrogen-bond donors (Lipinski definition) is 0. The number of carbonyl (C=O) groups is 2. The van der Waals surface area contributed by atoms with Gasteiger partial charge < -0.3 is 19.1 Å². The van der Waals surface area contributed by atoms with Gasteiger partial charge in [-0.15, -0.1) is 0 Å². The summed E-state index contributed by atoms with van der Waals surface area (Å²) < 4.78 is 42.7. The van der Waals surface area contributed by atoms with Crippen LogP contribution in [0.1, 0.15) is 54.6 Å². The quantitative estimate of drug-likeness (QED) is 0.557. The molecule has 0 saturated heterocycles. The van der Waals surface area contributed by atoms with Crippen molar-refractivity contribution >= 4 is 11.9 Å². The number of halogens is 2. The molecule has 1 heterocycles. The molecule has 3 rings (SSSR count). The number of amides is 1. The van der Waals surface area contributed by atoms with Crippen molar-refractivity contribution < 1.29 is 32.6 Å². The van der Waals surface area contributed by atoms with Crippen LogP contribution in [0.5, 0.6) is 5.75 Å². The molecular weight excluding hydrogens is 360 g/mol. The van der Waals surface area contributed by atoms with Crippen LogP contribution in [-0.4, -0.2) is 49.3 Å². The number of carbonyl (C=O) groups excluding carboxylic acids is 2. The highest BCUT2D eigenvalue weighted by molar-refractivity contribution is 6.06. The van der Waals surface area contributed by atoms with Gasteiger partial charge in [0.25, 0.3) is 5.91 Å². The number of methoxy groups -OCH3 is 1. The Morgan fingerprint density at radius 3 is 2.63 bits per heavy atom. The minimum Gasteiger partial charge on any atom is -0.467 e. The number of rotatable bonds is 6. The zero-order valence-electron chi connectivity index (χ0n) is 15.4. The Morgan fingerprint density at radius 1 is 1.30 bits per heavy atom. The van der Waals surface area contributed by atoms with E-state index in [-0.39, 0.29) is 44.6 Å². The summed E-state index contributed by atoms with van der Waals surface area (Å²) in [5.41, 5.74) is 0.745. The van der Waals surface area contributed by atoms with Crippen LogP contribution in [-0.2, 0) is 14.3 Å². The second-order valence-electron chi connectivity index (χ2n) is 6.73. The lowest BCUT2D eigenvalue weighted by atomic mass is 9.90. The maximum atomic E-state index is 13.6. The summed E-state index contributed by atoms with van der Waals surface area (Å²) in [6, 6.07) is 3.58. The second-order valence-corrected chi connectivity index (χ2v) is 6.73. The van der Waals surface area contributed by atoms with E-state index >= 15 is 0 Å². The van der Waals surface area contributed by atoms with Crippen LogP contribution in [0.4, 0.5) is 8.78 Å². The number of alkyl halides is 2. The average molecular weight is 383 g/mol. The van der Waals surface area contributed by atoms with Gasteiger partial charge in [0.2, 0.25) is 5.92 Å². The zero-order valence-corrected chi connectivity index (χ0v) is 15.4. The van der Waals surface area contributed by atoms with Crippen LogP contribution in [0.3, 0.4) is 0 Å². The van der Waals surface area contributed by atoms with E-state index < -0.39 is 29.9 Å². The van der Waals surface area contributed by atoms with Crippen LogP contribution in [0, 0.1) is 0 Å². The Hall–Kier alpha value is -2.22. The van der Waals surface area contributed by atoms with E-state index in [9.17, 15) is 18.4 Å². The van der Waals surface area contributed by atoms with Gasteiger partial charge in [-0.05, 0) is 25.8 Å². The SMILES string of the molecule is CCOC(=O)C1c2cccc(OCOC)c2C(=O)N1C1CCC(F)(F)CC1. The number of esters is 1. The molecule has 27 heavy (non-hydrogen) atoms. The molecule has 0 spiro atoms. The monoisotopic (exact) mass is 383 g/mol. The van der Waals surface area contributed by atoms with Crippen LogP contribution in [0.2, 0.25) is 0 Å². The van der Waals surface area contributed by atoms with Crippen LogP contribution in [0.15, 0.2) is 18.2 Å². The molecule has 8 heteroatoms. The van der Waals surface area contributed by atoms with Gasteiger partial charge in [-0.3, -0.25) is 4.79 Å². The van der Waals surface area contributed by atoms with Crippen molar-refractivity contribution in [2.24, 2.45) is 0 Å². The highest BCUT2D eigenvalue weighted by Gasteiger charge is 2.49. The summed E-state index contributed by atoms with van der Waals surface area (Å²) in [6.07, 6.45) is -0.339. The lowest BCUT2D eigenvalue weighted by Gasteiger charge is -2.37. The Balaban J connectivity index is 1.97. The van der Waals surface area contributed by atoms with Gasteiger partial charge >= 0.3 is 5.97 Å². The molecule has 6 nitrogen and oxygen atoms in total. The third-order valence-corrected chi connectivity index (χ3v) is 5.00. The standard InChI is InChI=1S/C19H23F2NO5/c1-3-26-18(24)16-13-5-4-6-14(27-11-25-2)15(13)17(23)22(16)12-7-9-19(20,21)10-8-12/h4-6,12,16H,3,7-11H2,1-2H3. The first-order valence-electron chi connectivity index (χ1n) is 9.01. The van der Waals surface area contributed by atoms with Gasteiger partial charge in [0.05, 0.1) is 12.2 Å². The Kier molecular flexibility index (Phi) is 5.64. The largest absolute Gasteiger partial charge is 0.467 e. The summed E-state index contributed by atoms with van der Waals surface area (Å²) >= 11 is 0. The Bertz CT molecular complexity index is 714. The molecule has 1 aromatic rings. The van der Waals surface area contributed by atoms with Gasteiger partial charge in [0.15, 0.2) is 12.8 Å². The van der Waals surface area contributed by atoms with E-state index in [1.807, 2.05) is 0 Å². The molecule has 0 N–H and O–H groups in total. The van der Waals surface area contributed by atoms with Crippen molar-refractivity contribution in [3.05, 3.63) is 29.3 Å². The van der Waals surface area contributed by atoms with E-state index in [0.29, 0.717) is 11.3 Å². The van der Waals surface area contributed by atoms with Gasteiger partial charge in [-0.1, -0.05) is 12.1 Å². The van der Waals surface area contributed by atoms with E-state index in [4.69, 9.17) is 14.2 Å². The predicted molar refractivity (Wildman–Crippen MR) is 91.7 cm³/mol. The summed E-state index contributed by atoms with van der Waals surface area (Å²) in [5, 5.41) is 0. The molecule has 1 atom stereocenters. The van der Waals surface area contributed by atoms with E-state index in [1.165, 1.54) is 12.0 Å². The molecule has 1 fully saturated rings. The van der Waals surface area contributed by atoms with E-state index in [0.717, 1.165) is 0 Å². The fraction of sp³-hybridized carbons (Fsp3) is 0.579. The number of nitrogens with zero attached hydrogens (tertiary/aromatic N) is 1. The molecule has 1 unspecified atom stereocenters. The minimum atomic E-state index is -2.72. The smallest absolute Gasteiger partial charge is 0.333 e. The molecule has 2 aliphatic rings. The van der Waals surface area contributed by atoms with Crippen molar-refractivity contribution in [3.63, 3.8) is 0 Å². The molecule has 0 aromatic heterocycles. The lowest BCUT2D eigenvalue weighted by Crippen LogP contribution is -2.45. The summed E-state index contributed by atoms with van der Waals surface area (Å²) in [5.74, 6) is -3.38. The lowest BCUT2D eigenvalue weighted by molar-refractivity contribution is -0.150. The maximum absolute atomic E-state index is 13.6. The second kappa shape index (κ2) is 7.80. The van der Waals surface area contributed by atoms with E-state index in [1.54, 1.807) is 25.1 Å². The molecular formula is C19H23F2NO5. The topological polar surface area (TPSA) is 65.1 Å². The van der Waals surface area contributed by atoms with Crippen molar-refractivity contribution in [2.45, 2.75) is 50.6 Å². The van der Waals surface area contributed by atoms with Crippen molar-refractivity contribution in [1.29, 1.82) is 0 Å². The van der Waals surface area contributed by atoms with Crippen molar-refractivity contribution in [2.75, 3.05) is 20.5 Å². The zero-order chi connectivity index (χ0) is 19.6. The Labute approximate surface area is 156 Å². The van der Waals surface area contributed by atoms with Gasteiger partial charge in [0, 0.05) is 31.6 Å². The number of fused-ring (bicyclic) bond motifs is 1. The first-order chi connectivity index (χ1) is 12.9. The highest BCUT2D eigenvalue weighted by Crippen LogP contribution is 2.44. The van der Waals surface area contributed by atoms with Gasteiger partial charge in [-0.2, -0.15) is 0 Å². The molecule has 1 amide bonds. The molecule has 0 radical (unpaired) electrons. The first kappa shape index (κ1) is 19.5. The first-order valence-corrected chi connectivity index (χ1v) is 9.01. The Morgan fingerprint density at radius 2 is 2.00 bits per heavy atom. The third kappa shape index (κ3) is 3.76. The van der Waals surface area contributed by atoms with Gasteiger partial charge in [-0.25, -0.2) is 13.6 Å². The maximum Gasteiger partial charge on any atom is 0.333 e. The molecule has 1 aromatic carbocycles. The van der Waals surface area contributed by atoms with Gasteiger partial charge in [0.1, 0.15) is 5.75 Å². The van der Waals surface area contributed by atoms with Crippen LogP contribution in [0.25, 0.3) is 0 Å². The minimum absolute atomic E-state index is 0.0521. The summed E-state index contributed by atoms with van der Waals surface area (Å²) in [6.45, 7) is 1.79. The molecule has 0 bridgehead atoms. The molecule has 1 aliphatic carbocycles. The number of hydrogen-bond acceptors (Lipinski definition) is 5. The van der Waals surface area contributed by atoms with Crippen LogP contribution < -0.4 is 4.74 Å². The molecule has 148 valence electrons. The molecule has 1 aliphatic heterocycles. The summed E-state index contributed by atoms with van der Waals surface area (Å²) in [4.78, 5) is 27.2. The third-order valence-electron chi connectivity index (χ3n) is 5.00. The van der Waals surface area contributed by atoms with Crippen molar-refractivity contribution in [1.82, 2.24) is 4.90 Å². The fourth-order valence-electron chi connectivity index (χ4n) is 3.79. The van der Waals surface area contributed by atoms with Crippen molar-refractivity contribution in [3.8, 4) is 5.75 Å². The average Bonchev–Trinajstić information content (AvgIpc) is 2.94. The normalized spacial score (nSPS) is 21.9. The van der Waals surface area contributed by atoms with E-state index in [2.05, 4.69) is 0 Å². The summed E-state index contributed by atoms with van der Waals surface area (Å²) in [7, 11) is 1.46. The molecule has 1 saturated carbocycles. The number of ether oxygens (including phenoxy) is 3.